The van der Waals surface area contributed by atoms with Gasteiger partial charge in [0.2, 0.25) is 11.8 Å². The van der Waals surface area contributed by atoms with Gasteiger partial charge in [0.05, 0.1) is 18.4 Å². The van der Waals surface area contributed by atoms with E-state index in [0.717, 1.165) is 4.90 Å². The van der Waals surface area contributed by atoms with Gasteiger partial charge in [-0.05, 0) is 44.2 Å². The van der Waals surface area contributed by atoms with Crippen molar-refractivity contribution in [2.24, 2.45) is 0 Å². The molecule has 1 aliphatic rings. The summed E-state index contributed by atoms with van der Waals surface area (Å²) < 4.78 is 34.8. The molecule has 4 heterocycles. The number of alkyl halides is 2. The number of amides is 3. The van der Waals surface area contributed by atoms with Crippen LogP contribution < -0.4 is 10.1 Å². The van der Waals surface area contributed by atoms with Crippen molar-refractivity contribution in [1.29, 1.82) is 0 Å². The lowest BCUT2D eigenvalue weighted by molar-refractivity contribution is -0.135. The Morgan fingerprint density at radius 2 is 1.90 bits per heavy atom. The molecule has 3 amide bonds. The number of nitrogens with one attached hydrogen (secondary N) is 1. The summed E-state index contributed by atoms with van der Waals surface area (Å²) in [6, 6.07) is 6.67. The molecule has 4 aromatic rings. The van der Waals surface area contributed by atoms with Crippen molar-refractivity contribution in [3.05, 3.63) is 54.6 Å². The van der Waals surface area contributed by atoms with E-state index in [-0.39, 0.29) is 57.9 Å². The van der Waals surface area contributed by atoms with Gasteiger partial charge in [-0.1, -0.05) is 13.8 Å². The first-order valence-corrected chi connectivity index (χ1v) is 16.4. The van der Waals surface area contributed by atoms with Crippen LogP contribution in [-0.2, 0) is 16.1 Å². The minimum absolute atomic E-state index is 0.0154. The van der Waals surface area contributed by atoms with Crippen LogP contribution in [-0.4, -0.2) is 115 Å². The van der Waals surface area contributed by atoms with Crippen LogP contribution >= 0.6 is 11.8 Å². The fraction of sp³-hybridized carbons (Fsp3) is 0.438. The Kier molecular flexibility index (Phi) is 10.9. The van der Waals surface area contributed by atoms with Gasteiger partial charge in [0.15, 0.2) is 5.65 Å². The van der Waals surface area contributed by atoms with Gasteiger partial charge in [0, 0.05) is 67.5 Å². The number of carbonyl (C=O) groups is 3. The maximum Gasteiger partial charge on any atom is 0.387 e. The highest BCUT2D eigenvalue weighted by atomic mass is 32.2. The fourth-order valence-corrected chi connectivity index (χ4v) is 6.36. The van der Waals surface area contributed by atoms with Crippen LogP contribution in [0.2, 0.25) is 0 Å². The van der Waals surface area contributed by atoms with Gasteiger partial charge in [0.25, 0.3) is 5.91 Å². The van der Waals surface area contributed by atoms with E-state index in [2.05, 4.69) is 20.5 Å². The molecule has 48 heavy (non-hydrogen) atoms. The van der Waals surface area contributed by atoms with Crippen molar-refractivity contribution < 1.29 is 27.9 Å². The van der Waals surface area contributed by atoms with E-state index >= 15 is 0 Å². The molecule has 0 radical (unpaired) electrons. The van der Waals surface area contributed by atoms with E-state index in [1.165, 1.54) is 39.4 Å². The monoisotopic (exact) mass is 683 g/mol. The molecule has 1 saturated heterocycles. The van der Waals surface area contributed by atoms with Gasteiger partial charge in [-0.15, -0.1) is 11.8 Å². The molecule has 1 aliphatic heterocycles. The van der Waals surface area contributed by atoms with E-state index in [1.54, 1.807) is 54.5 Å². The molecule has 0 bridgehead atoms. The Hall–Kier alpha value is -4.57. The molecule has 1 N–H and O–H groups in total. The lowest BCUT2D eigenvalue weighted by atomic mass is 10.0. The first kappa shape index (κ1) is 34.8. The Morgan fingerprint density at radius 3 is 2.58 bits per heavy atom. The Bertz CT molecular complexity index is 1770. The fourth-order valence-electron chi connectivity index (χ4n) is 5.49. The van der Waals surface area contributed by atoms with Gasteiger partial charge in [-0.3, -0.25) is 24.0 Å². The summed E-state index contributed by atoms with van der Waals surface area (Å²) in [7, 11) is 5.36. The lowest BCUT2D eigenvalue weighted by Gasteiger charge is -2.36. The normalized spacial score (nSPS) is 13.9. The van der Waals surface area contributed by atoms with E-state index in [9.17, 15) is 23.2 Å². The SMILES string of the molecule is CC(C)Sc1ccc(OC(F)F)c(-c2nn(CC(=O)N3CCC(N(C)CC(=O)N(C)C)CC3)cc2NC(=O)c2cnn3cccnc23)c1. The second kappa shape index (κ2) is 15.1. The molecule has 5 rings (SSSR count). The zero-order chi connectivity index (χ0) is 34.5. The number of nitrogens with zero attached hydrogens (tertiary/aromatic N) is 8. The van der Waals surface area contributed by atoms with E-state index < -0.39 is 12.5 Å². The Labute approximate surface area is 281 Å². The highest BCUT2D eigenvalue weighted by Crippen LogP contribution is 2.39. The third kappa shape index (κ3) is 8.28. The number of benzene rings is 1. The number of rotatable bonds is 12. The third-order valence-electron chi connectivity index (χ3n) is 7.95. The van der Waals surface area contributed by atoms with Gasteiger partial charge >= 0.3 is 6.61 Å². The number of likely N-dealkylation sites (tertiary alicyclic amines) is 1. The number of fused-ring (bicyclic) bond motifs is 1. The molecule has 3 aromatic heterocycles. The van der Waals surface area contributed by atoms with Crippen LogP contribution in [0.3, 0.4) is 0 Å². The van der Waals surface area contributed by atoms with Crippen LogP contribution in [0.4, 0.5) is 14.5 Å². The highest BCUT2D eigenvalue weighted by molar-refractivity contribution is 7.99. The molecular formula is C32H39F2N9O4S. The minimum atomic E-state index is -3.10. The predicted molar refractivity (Wildman–Crippen MR) is 177 cm³/mol. The first-order chi connectivity index (χ1) is 22.9. The van der Waals surface area contributed by atoms with Crippen molar-refractivity contribution in [2.75, 3.05) is 46.1 Å². The number of aromatic nitrogens is 5. The van der Waals surface area contributed by atoms with Crippen molar-refractivity contribution in [2.45, 2.75) is 56.0 Å². The summed E-state index contributed by atoms with van der Waals surface area (Å²) in [5.41, 5.74) is 1.11. The number of halogens is 2. The lowest BCUT2D eigenvalue weighted by Crippen LogP contribution is -2.48. The van der Waals surface area contributed by atoms with Crippen molar-refractivity contribution >= 4 is 40.8 Å². The number of likely N-dealkylation sites (N-methyl/N-ethyl adjacent to an activating group) is 2. The molecule has 16 heteroatoms. The third-order valence-corrected chi connectivity index (χ3v) is 8.95. The molecule has 13 nitrogen and oxygen atoms in total. The number of anilines is 1. The molecule has 0 unspecified atom stereocenters. The number of carbonyl (C=O) groups excluding carboxylic acids is 3. The largest absolute Gasteiger partial charge is 0.434 e. The number of ether oxygens (including phenoxy) is 1. The van der Waals surface area contributed by atoms with Gasteiger partial charge < -0.3 is 19.9 Å². The van der Waals surface area contributed by atoms with Gasteiger partial charge in [-0.2, -0.15) is 19.0 Å². The highest BCUT2D eigenvalue weighted by Gasteiger charge is 2.28. The van der Waals surface area contributed by atoms with E-state index in [1.807, 2.05) is 25.8 Å². The number of piperidine rings is 1. The average Bonchev–Trinajstić information content (AvgIpc) is 3.65. The van der Waals surface area contributed by atoms with Crippen LogP contribution in [0.15, 0.2) is 53.9 Å². The average molecular weight is 684 g/mol. The van der Waals surface area contributed by atoms with Crippen molar-refractivity contribution in [1.82, 2.24) is 39.1 Å². The summed E-state index contributed by atoms with van der Waals surface area (Å²) in [4.78, 5) is 49.5. The standard InChI is InChI=1S/C32H39F2N9O4S/c1-20(2)48-22-7-8-26(47-32(33)34)23(15-22)29-25(37-31(46)24-16-36-43-12-6-11-35-30(24)43)17-42(38-29)19-28(45)41-13-9-21(10-14-41)40(5)18-27(44)39(3)4/h6-8,11-12,15-17,20-21,32H,9-10,13-14,18-19H2,1-5H3,(H,37,46). The van der Waals surface area contributed by atoms with Gasteiger partial charge in [-0.25, -0.2) is 9.50 Å². The zero-order valence-corrected chi connectivity index (χ0v) is 28.3. The molecule has 0 spiro atoms. The summed E-state index contributed by atoms with van der Waals surface area (Å²) in [6.45, 7) is 2.08. The van der Waals surface area contributed by atoms with E-state index in [4.69, 9.17) is 4.74 Å². The number of hydrogen-bond acceptors (Lipinski definition) is 9. The smallest absolute Gasteiger partial charge is 0.387 e. The van der Waals surface area contributed by atoms with Crippen molar-refractivity contribution in [3.8, 4) is 17.0 Å². The van der Waals surface area contributed by atoms with Gasteiger partial charge in [0.1, 0.15) is 23.6 Å². The molecule has 256 valence electrons. The first-order valence-electron chi connectivity index (χ1n) is 15.5. The summed E-state index contributed by atoms with van der Waals surface area (Å²) in [5.74, 6) is -0.838. The molecular weight excluding hydrogens is 644 g/mol. The summed E-state index contributed by atoms with van der Waals surface area (Å²) in [6.07, 6.45) is 7.50. The maximum atomic E-state index is 13.5. The molecule has 0 aliphatic carbocycles. The molecule has 1 fully saturated rings. The molecule has 0 atom stereocenters. The Morgan fingerprint density at radius 1 is 1.15 bits per heavy atom. The van der Waals surface area contributed by atoms with Crippen LogP contribution in [0.25, 0.3) is 16.9 Å². The maximum absolute atomic E-state index is 13.5. The van der Waals surface area contributed by atoms with E-state index in [0.29, 0.717) is 38.1 Å². The van der Waals surface area contributed by atoms with Crippen LogP contribution in [0, 0.1) is 0 Å². The molecule has 1 aromatic carbocycles. The van der Waals surface area contributed by atoms with Crippen LogP contribution in [0.5, 0.6) is 5.75 Å². The predicted octanol–water partition coefficient (Wildman–Crippen LogP) is 3.96. The topological polar surface area (TPSA) is 130 Å². The van der Waals surface area contributed by atoms with Crippen LogP contribution in [0.1, 0.15) is 37.0 Å². The summed E-state index contributed by atoms with van der Waals surface area (Å²) >= 11 is 1.53. The number of thioether (sulfide) groups is 1. The molecule has 0 saturated carbocycles. The quantitative estimate of drug-likeness (QED) is 0.221. The second-order valence-electron chi connectivity index (χ2n) is 12.0. The zero-order valence-electron chi connectivity index (χ0n) is 27.5. The Balaban J connectivity index is 1.41. The minimum Gasteiger partial charge on any atom is -0.434 e. The van der Waals surface area contributed by atoms with Crippen molar-refractivity contribution in [3.63, 3.8) is 0 Å². The summed E-state index contributed by atoms with van der Waals surface area (Å²) in [5, 5.41) is 11.8. The number of hydrogen-bond donors (Lipinski definition) is 1. The second-order valence-corrected chi connectivity index (χ2v) is 13.7.